The third-order valence-corrected chi connectivity index (χ3v) is 3.68. The standard InChI is InChI=1S/C14H20N4O/c1-9-7-18(8-10(2)16-9)14(19)12-5-6-15-13(17-12)11-3-4-11/h5-6,9-11,16H,3-4,7-8H2,1-2H3. The van der Waals surface area contributed by atoms with Crippen LogP contribution >= 0.6 is 0 Å². The molecule has 5 nitrogen and oxygen atoms in total. The normalized spacial score (nSPS) is 27.4. The third-order valence-electron chi connectivity index (χ3n) is 3.68. The van der Waals surface area contributed by atoms with Crippen LogP contribution in [-0.2, 0) is 0 Å². The van der Waals surface area contributed by atoms with E-state index >= 15 is 0 Å². The molecule has 1 N–H and O–H groups in total. The lowest BCUT2D eigenvalue weighted by Crippen LogP contribution is -2.55. The van der Waals surface area contributed by atoms with E-state index in [0.29, 0.717) is 23.7 Å². The van der Waals surface area contributed by atoms with E-state index in [9.17, 15) is 4.79 Å². The number of carbonyl (C=O) groups excluding carboxylic acids is 1. The van der Waals surface area contributed by atoms with E-state index in [1.54, 1.807) is 12.3 Å². The van der Waals surface area contributed by atoms with Gasteiger partial charge in [0.05, 0.1) is 0 Å². The molecule has 1 aliphatic carbocycles. The molecule has 1 aliphatic heterocycles. The van der Waals surface area contributed by atoms with Crippen molar-refractivity contribution in [3.05, 3.63) is 23.8 Å². The van der Waals surface area contributed by atoms with Gasteiger partial charge in [0.1, 0.15) is 11.5 Å². The van der Waals surface area contributed by atoms with Crippen molar-refractivity contribution in [3.8, 4) is 0 Å². The molecule has 5 heteroatoms. The second-order valence-electron chi connectivity index (χ2n) is 5.75. The summed E-state index contributed by atoms with van der Waals surface area (Å²) in [5.74, 6) is 1.35. The van der Waals surface area contributed by atoms with Crippen LogP contribution in [-0.4, -0.2) is 45.9 Å². The topological polar surface area (TPSA) is 58.1 Å². The van der Waals surface area contributed by atoms with E-state index in [0.717, 1.165) is 31.8 Å². The fourth-order valence-electron chi connectivity index (χ4n) is 2.69. The molecule has 2 aliphatic rings. The molecule has 0 aromatic carbocycles. The summed E-state index contributed by atoms with van der Waals surface area (Å²) in [6.07, 6.45) is 4.02. The highest BCUT2D eigenvalue weighted by molar-refractivity contribution is 5.92. The minimum Gasteiger partial charge on any atom is -0.334 e. The van der Waals surface area contributed by atoms with E-state index in [1.165, 1.54) is 0 Å². The summed E-state index contributed by atoms with van der Waals surface area (Å²) < 4.78 is 0. The Kier molecular flexibility index (Phi) is 3.22. The molecule has 1 aromatic rings. The highest BCUT2D eigenvalue weighted by Crippen LogP contribution is 2.37. The van der Waals surface area contributed by atoms with Crippen molar-refractivity contribution >= 4 is 5.91 Å². The largest absolute Gasteiger partial charge is 0.334 e. The molecular weight excluding hydrogens is 240 g/mol. The Balaban J connectivity index is 1.77. The van der Waals surface area contributed by atoms with E-state index < -0.39 is 0 Å². The Morgan fingerprint density at radius 2 is 2.00 bits per heavy atom. The zero-order chi connectivity index (χ0) is 13.4. The van der Waals surface area contributed by atoms with Gasteiger partial charge in [-0.2, -0.15) is 0 Å². The maximum absolute atomic E-state index is 12.5. The van der Waals surface area contributed by atoms with Crippen LogP contribution in [0.15, 0.2) is 12.3 Å². The summed E-state index contributed by atoms with van der Waals surface area (Å²) in [4.78, 5) is 23.1. The fraction of sp³-hybridized carbons (Fsp3) is 0.643. The molecule has 2 unspecified atom stereocenters. The van der Waals surface area contributed by atoms with Crippen LogP contribution in [0.2, 0.25) is 0 Å². The number of amides is 1. The summed E-state index contributed by atoms with van der Waals surface area (Å²) >= 11 is 0. The number of carbonyl (C=O) groups is 1. The predicted molar refractivity (Wildman–Crippen MR) is 72.0 cm³/mol. The molecule has 2 fully saturated rings. The second-order valence-corrected chi connectivity index (χ2v) is 5.75. The lowest BCUT2D eigenvalue weighted by atomic mass is 10.1. The van der Waals surface area contributed by atoms with Crippen LogP contribution in [0.5, 0.6) is 0 Å². The van der Waals surface area contributed by atoms with Crippen LogP contribution in [0.25, 0.3) is 0 Å². The van der Waals surface area contributed by atoms with Crippen molar-refractivity contribution in [1.82, 2.24) is 20.2 Å². The van der Waals surface area contributed by atoms with Crippen molar-refractivity contribution in [2.45, 2.75) is 44.7 Å². The van der Waals surface area contributed by atoms with Crippen LogP contribution in [0.1, 0.15) is 48.9 Å². The van der Waals surface area contributed by atoms with Crippen molar-refractivity contribution in [1.29, 1.82) is 0 Å². The molecule has 2 heterocycles. The first-order valence-electron chi connectivity index (χ1n) is 7.01. The van der Waals surface area contributed by atoms with Gasteiger partial charge >= 0.3 is 0 Å². The Morgan fingerprint density at radius 3 is 2.63 bits per heavy atom. The maximum Gasteiger partial charge on any atom is 0.272 e. The first-order chi connectivity index (χ1) is 9.13. The van der Waals surface area contributed by atoms with Crippen LogP contribution in [0.4, 0.5) is 0 Å². The molecule has 19 heavy (non-hydrogen) atoms. The quantitative estimate of drug-likeness (QED) is 0.867. The minimum absolute atomic E-state index is 0.0319. The van der Waals surface area contributed by atoms with E-state index in [2.05, 4.69) is 29.1 Å². The average molecular weight is 260 g/mol. The molecule has 0 bridgehead atoms. The smallest absolute Gasteiger partial charge is 0.272 e. The Hall–Kier alpha value is -1.49. The van der Waals surface area contributed by atoms with Gasteiger partial charge in [-0.05, 0) is 32.8 Å². The SMILES string of the molecule is CC1CN(C(=O)c2ccnc(C3CC3)n2)CC(C)N1. The average Bonchev–Trinajstić information content (AvgIpc) is 3.21. The molecule has 1 amide bonds. The second kappa shape index (κ2) is 4.89. The van der Waals surface area contributed by atoms with Crippen molar-refractivity contribution in [2.75, 3.05) is 13.1 Å². The van der Waals surface area contributed by atoms with E-state index in [4.69, 9.17) is 0 Å². The van der Waals surface area contributed by atoms with Crippen LogP contribution in [0.3, 0.4) is 0 Å². The van der Waals surface area contributed by atoms with Gasteiger partial charge in [-0.25, -0.2) is 9.97 Å². The first-order valence-corrected chi connectivity index (χ1v) is 7.01. The fourth-order valence-corrected chi connectivity index (χ4v) is 2.69. The highest BCUT2D eigenvalue weighted by Gasteiger charge is 2.29. The minimum atomic E-state index is 0.0319. The van der Waals surface area contributed by atoms with E-state index in [-0.39, 0.29) is 5.91 Å². The maximum atomic E-state index is 12.5. The number of hydrogen-bond donors (Lipinski definition) is 1. The van der Waals surface area contributed by atoms with Gasteiger partial charge in [-0.1, -0.05) is 0 Å². The van der Waals surface area contributed by atoms with Crippen molar-refractivity contribution < 1.29 is 4.79 Å². The summed E-state index contributed by atoms with van der Waals surface area (Å²) in [5, 5.41) is 3.43. The van der Waals surface area contributed by atoms with Gasteiger partial charge in [0.15, 0.2) is 0 Å². The monoisotopic (exact) mass is 260 g/mol. The van der Waals surface area contributed by atoms with Gasteiger partial charge in [0.2, 0.25) is 0 Å². The number of aromatic nitrogens is 2. The van der Waals surface area contributed by atoms with Crippen molar-refractivity contribution in [3.63, 3.8) is 0 Å². The molecule has 102 valence electrons. The molecular formula is C14H20N4O. The van der Waals surface area contributed by atoms with Gasteiger partial charge < -0.3 is 10.2 Å². The molecule has 0 radical (unpaired) electrons. The van der Waals surface area contributed by atoms with Gasteiger partial charge in [-0.15, -0.1) is 0 Å². The third kappa shape index (κ3) is 2.76. The van der Waals surface area contributed by atoms with Crippen LogP contribution < -0.4 is 5.32 Å². The van der Waals surface area contributed by atoms with Gasteiger partial charge in [-0.3, -0.25) is 4.79 Å². The molecule has 0 spiro atoms. The van der Waals surface area contributed by atoms with Crippen molar-refractivity contribution in [2.24, 2.45) is 0 Å². The number of nitrogens with one attached hydrogen (secondary N) is 1. The summed E-state index contributed by atoms with van der Waals surface area (Å²) in [6.45, 7) is 5.69. The predicted octanol–water partition coefficient (Wildman–Crippen LogP) is 1.18. The Morgan fingerprint density at radius 1 is 1.32 bits per heavy atom. The molecule has 1 aromatic heterocycles. The van der Waals surface area contributed by atoms with Gasteiger partial charge in [0, 0.05) is 37.3 Å². The van der Waals surface area contributed by atoms with E-state index in [1.807, 2.05) is 4.90 Å². The molecule has 1 saturated heterocycles. The zero-order valence-corrected chi connectivity index (χ0v) is 11.5. The van der Waals surface area contributed by atoms with Gasteiger partial charge in [0.25, 0.3) is 5.91 Å². The lowest BCUT2D eigenvalue weighted by Gasteiger charge is -2.35. The summed E-state index contributed by atoms with van der Waals surface area (Å²) in [5.41, 5.74) is 0.540. The summed E-state index contributed by atoms with van der Waals surface area (Å²) in [7, 11) is 0. The van der Waals surface area contributed by atoms with Crippen LogP contribution in [0, 0.1) is 0 Å². The molecule has 3 rings (SSSR count). The number of rotatable bonds is 2. The Labute approximate surface area is 113 Å². The molecule has 1 saturated carbocycles. The lowest BCUT2D eigenvalue weighted by molar-refractivity contribution is 0.0667. The summed E-state index contributed by atoms with van der Waals surface area (Å²) in [6, 6.07) is 2.39. The first kappa shape index (κ1) is 12.5. The number of piperazine rings is 1. The molecule has 2 atom stereocenters. The highest BCUT2D eigenvalue weighted by atomic mass is 16.2. The number of hydrogen-bond acceptors (Lipinski definition) is 4. The number of nitrogens with zero attached hydrogens (tertiary/aromatic N) is 3. The Bertz CT molecular complexity index is 476. The zero-order valence-electron chi connectivity index (χ0n) is 11.5.